The van der Waals surface area contributed by atoms with Crippen molar-refractivity contribution in [3.05, 3.63) is 18.1 Å². The smallest absolute Gasteiger partial charge is 0.132 e. The van der Waals surface area contributed by atoms with Crippen LogP contribution in [0.1, 0.15) is 38.3 Å². The van der Waals surface area contributed by atoms with Crippen molar-refractivity contribution in [2.75, 3.05) is 18.0 Å². The molecule has 0 spiro atoms. The molecule has 18 heavy (non-hydrogen) atoms. The quantitative estimate of drug-likeness (QED) is 0.866. The predicted octanol–water partition coefficient (Wildman–Crippen LogP) is 1.81. The Morgan fingerprint density at radius 2 is 2.11 bits per heavy atom. The van der Waals surface area contributed by atoms with E-state index in [1.54, 1.807) is 6.33 Å². The minimum Gasteiger partial charge on any atom is -0.393 e. The van der Waals surface area contributed by atoms with Crippen molar-refractivity contribution in [1.29, 1.82) is 0 Å². The summed E-state index contributed by atoms with van der Waals surface area (Å²) in [5.41, 5.74) is 1.10. The van der Waals surface area contributed by atoms with Gasteiger partial charge in [-0.25, -0.2) is 9.97 Å². The minimum absolute atomic E-state index is 0.105. The number of aliphatic hydroxyl groups excluding tert-OH is 1. The lowest BCUT2D eigenvalue weighted by molar-refractivity contribution is 0.133. The molecule has 0 radical (unpaired) electrons. The number of anilines is 1. The van der Waals surface area contributed by atoms with Gasteiger partial charge in [-0.05, 0) is 24.7 Å². The van der Waals surface area contributed by atoms with Crippen LogP contribution < -0.4 is 4.90 Å². The largest absolute Gasteiger partial charge is 0.393 e. The second-order valence-electron chi connectivity index (χ2n) is 5.93. The number of fused-ring (bicyclic) bond motifs is 1. The van der Waals surface area contributed by atoms with Gasteiger partial charge in [0.15, 0.2) is 0 Å². The van der Waals surface area contributed by atoms with E-state index < -0.39 is 0 Å². The Morgan fingerprint density at radius 3 is 2.83 bits per heavy atom. The molecule has 0 amide bonds. The van der Waals surface area contributed by atoms with Crippen LogP contribution in [-0.2, 0) is 0 Å². The monoisotopic (exact) mass is 247 g/mol. The third-order valence-electron chi connectivity index (χ3n) is 4.41. The molecule has 3 rings (SSSR count). The zero-order valence-electron chi connectivity index (χ0n) is 11.1. The van der Waals surface area contributed by atoms with Crippen LogP contribution in [-0.4, -0.2) is 34.3 Å². The van der Waals surface area contributed by atoms with Crippen LogP contribution in [0, 0.1) is 11.8 Å². The Labute approximate surface area is 108 Å². The molecule has 1 N–H and O–H groups in total. The second-order valence-corrected chi connectivity index (χ2v) is 5.93. The Morgan fingerprint density at radius 1 is 1.28 bits per heavy atom. The van der Waals surface area contributed by atoms with Crippen LogP contribution >= 0.6 is 0 Å². The van der Waals surface area contributed by atoms with Crippen molar-refractivity contribution in [2.45, 2.75) is 38.7 Å². The third kappa shape index (κ3) is 1.99. The number of aromatic nitrogens is 2. The summed E-state index contributed by atoms with van der Waals surface area (Å²) < 4.78 is 0. The van der Waals surface area contributed by atoms with Gasteiger partial charge < -0.3 is 10.0 Å². The summed E-state index contributed by atoms with van der Waals surface area (Å²) in [6, 6.07) is 2.10. The molecule has 1 aliphatic carbocycles. The summed E-state index contributed by atoms with van der Waals surface area (Å²) >= 11 is 0. The van der Waals surface area contributed by atoms with E-state index in [4.69, 9.17) is 0 Å². The number of aliphatic hydroxyl groups is 1. The maximum absolute atomic E-state index is 9.95. The molecule has 4 heteroatoms. The number of hydrogen-bond acceptors (Lipinski definition) is 4. The highest BCUT2D eigenvalue weighted by Gasteiger charge is 2.42. The van der Waals surface area contributed by atoms with Crippen molar-refractivity contribution in [3.63, 3.8) is 0 Å². The zero-order valence-corrected chi connectivity index (χ0v) is 11.1. The standard InChI is InChI=1S/C14H21N3O/c1-9(2)12-5-14(16-8-15-12)17-6-10-3-4-13(18)11(10)7-17/h5,8-11,13,18H,3-4,6-7H2,1-2H3. The normalized spacial score (nSPS) is 31.1. The molecule has 1 saturated carbocycles. The van der Waals surface area contributed by atoms with Crippen molar-refractivity contribution < 1.29 is 5.11 Å². The van der Waals surface area contributed by atoms with Crippen LogP contribution in [0.5, 0.6) is 0 Å². The first-order valence-electron chi connectivity index (χ1n) is 6.90. The maximum Gasteiger partial charge on any atom is 0.132 e. The van der Waals surface area contributed by atoms with Gasteiger partial charge in [-0.15, -0.1) is 0 Å². The molecule has 0 aromatic carbocycles. The molecule has 1 saturated heterocycles. The van der Waals surface area contributed by atoms with Gasteiger partial charge in [0.2, 0.25) is 0 Å². The Kier molecular flexibility index (Phi) is 2.98. The Balaban J connectivity index is 1.78. The SMILES string of the molecule is CC(C)c1cc(N2CC3CCC(O)C3C2)ncn1. The molecule has 3 atom stereocenters. The van der Waals surface area contributed by atoms with Gasteiger partial charge in [-0.1, -0.05) is 13.8 Å². The fourth-order valence-electron chi connectivity index (χ4n) is 3.27. The second kappa shape index (κ2) is 4.50. The first-order chi connectivity index (χ1) is 8.65. The van der Waals surface area contributed by atoms with E-state index in [9.17, 15) is 5.11 Å². The molecule has 2 fully saturated rings. The highest BCUT2D eigenvalue weighted by Crippen LogP contribution is 2.39. The molecule has 1 aromatic heterocycles. The highest BCUT2D eigenvalue weighted by atomic mass is 16.3. The van der Waals surface area contributed by atoms with Crippen molar-refractivity contribution in [2.24, 2.45) is 11.8 Å². The van der Waals surface area contributed by atoms with Gasteiger partial charge >= 0.3 is 0 Å². The molecule has 2 aliphatic rings. The number of nitrogens with zero attached hydrogens (tertiary/aromatic N) is 3. The first-order valence-corrected chi connectivity index (χ1v) is 6.90. The summed E-state index contributed by atoms with van der Waals surface area (Å²) in [6.07, 6.45) is 3.69. The van der Waals surface area contributed by atoms with Gasteiger partial charge in [0, 0.05) is 30.8 Å². The van der Waals surface area contributed by atoms with E-state index in [1.807, 2.05) is 0 Å². The van der Waals surface area contributed by atoms with E-state index >= 15 is 0 Å². The van der Waals surface area contributed by atoms with Crippen LogP contribution in [0.15, 0.2) is 12.4 Å². The van der Waals surface area contributed by atoms with Gasteiger partial charge in [0.05, 0.1) is 6.10 Å². The fraction of sp³-hybridized carbons (Fsp3) is 0.714. The molecule has 3 unspecified atom stereocenters. The lowest BCUT2D eigenvalue weighted by atomic mass is 10.00. The molecular formula is C14H21N3O. The average molecular weight is 247 g/mol. The number of hydrogen-bond donors (Lipinski definition) is 1. The van der Waals surface area contributed by atoms with E-state index in [1.165, 1.54) is 0 Å². The fourth-order valence-corrected chi connectivity index (χ4v) is 3.27. The molecule has 1 aromatic rings. The van der Waals surface area contributed by atoms with Crippen molar-refractivity contribution >= 4 is 5.82 Å². The zero-order chi connectivity index (χ0) is 12.7. The molecule has 1 aliphatic heterocycles. The maximum atomic E-state index is 9.95. The molecule has 0 bridgehead atoms. The van der Waals surface area contributed by atoms with Gasteiger partial charge in [-0.2, -0.15) is 0 Å². The lowest BCUT2D eigenvalue weighted by Crippen LogP contribution is -2.25. The van der Waals surface area contributed by atoms with E-state index in [-0.39, 0.29) is 6.10 Å². The summed E-state index contributed by atoms with van der Waals surface area (Å²) in [4.78, 5) is 11.0. The van der Waals surface area contributed by atoms with Crippen LogP contribution in [0.3, 0.4) is 0 Å². The lowest BCUT2D eigenvalue weighted by Gasteiger charge is -2.20. The minimum atomic E-state index is -0.105. The summed E-state index contributed by atoms with van der Waals surface area (Å²) in [5.74, 6) is 2.55. The molecule has 2 heterocycles. The van der Waals surface area contributed by atoms with Gasteiger partial charge in [0.25, 0.3) is 0 Å². The van der Waals surface area contributed by atoms with Crippen molar-refractivity contribution in [1.82, 2.24) is 9.97 Å². The predicted molar refractivity (Wildman–Crippen MR) is 70.6 cm³/mol. The van der Waals surface area contributed by atoms with Gasteiger partial charge in [0.1, 0.15) is 12.1 Å². The Hall–Kier alpha value is -1.16. The van der Waals surface area contributed by atoms with Crippen LogP contribution in [0.4, 0.5) is 5.82 Å². The van der Waals surface area contributed by atoms with E-state index in [0.717, 1.165) is 37.4 Å². The molecule has 4 nitrogen and oxygen atoms in total. The molecule has 98 valence electrons. The number of rotatable bonds is 2. The van der Waals surface area contributed by atoms with E-state index in [0.29, 0.717) is 17.8 Å². The topological polar surface area (TPSA) is 49.2 Å². The Bertz CT molecular complexity index is 435. The van der Waals surface area contributed by atoms with Gasteiger partial charge in [-0.3, -0.25) is 0 Å². The first kappa shape index (κ1) is 11.9. The van der Waals surface area contributed by atoms with E-state index in [2.05, 4.69) is 34.8 Å². The molecular weight excluding hydrogens is 226 g/mol. The van der Waals surface area contributed by atoms with Crippen LogP contribution in [0.25, 0.3) is 0 Å². The average Bonchev–Trinajstić information content (AvgIpc) is 2.92. The summed E-state index contributed by atoms with van der Waals surface area (Å²) in [5, 5.41) is 9.95. The summed E-state index contributed by atoms with van der Waals surface area (Å²) in [6.45, 7) is 6.28. The highest BCUT2D eigenvalue weighted by molar-refractivity contribution is 5.41. The summed E-state index contributed by atoms with van der Waals surface area (Å²) in [7, 11) is 0. The van der Waals surface area contributed by atoms with Crippen molar-refractivity contribution in [3.8, 4) is 0 Å². The van der Waals surface area contributed by atoms with Crippen LogP contribution in [0.2, 0.25) is 0 Å². The third-order valence-corrected chi connectivity index (χ3v) is 4.41.